The van der Waals surface area contributed by atoms with Gasteiger partial charge in [-0.15, -0.1) is 0 Å². The highest BCUT2D eigenvalue weighted by atomic mass is 15.3. The highest BCUT2D eigenvalue weighted by molar-refractivity contribution is 5.83. The van der Waals surface area contributed by atoms with E-state index in [-0.39, 0.29) is 5.84 Å². The monoisotopic (exact) mass is 203 g/mol. The van der Waals surface area contributed by atoms with E-state index in [1.165, 1.54) is 0 Å². The van der Waals surface area contributed by atoms with Crippen molar-refractivity contribution in [2.24, 2.45) is 12.8 Å². The molecule has 3 N–H and O–H groups in total. The van der Waals surface area contributed by atoms with Crippen LogP contribution in [0.2, 0.25) is 0 Å². The lowest BCUT2D eigenvalue weighted by Crippen LogP contribution is -2.12. The molecule has 0 fully saturated rings. The average molecular weight is 203 g/mol. The van der Waals surface area contributed by atoms with E-state index < -0.39 is 0 Å². The highest BCUT2D eigenvalue weighted by Gasteiger charge is 2.07. The predicted molar refractivity (Wildman–Crippen MR) is 58.9 cm³/mol. The number of pyridine rings is 1. The number of nitrogens with two attached hydrogens (primary N) is 1. The van der Waals surface area contributed by atoms with Crippen LogP contribution in [0.5, 0.6) is 0 Å². The number of fused-ring (bicyclic) bond motifs is 1. The number of rotatable bonds is 2. The molecule has 2 heterocycles. The molecule has 0 aliphatic heterocycles. The Labute approximate surface area is 87.4 Å². The molecule has 0 spiro atoms. The minimum atomic E-state index is 0.151. The number of nitrogens with one attached hydrogen (secondary N) is 1. The van der Waals surface area contributed by atoms with Gasteiger partial charge in [0, 0.05) is 25.1 Å². The average Bonchev–Trinajstić information content (AvgIpc) is 2.41. The van der Waals surface area contributed by atoms with E-state index in [4.69, 9.17) is 11.1 Å². The first-order valence-electron chi connectivity index (χ1n) is 4.69. The van der Waals surface area contributed by atoms with E-state index in [0.717, 1.165) is 22.3 Å². The van der Waals surface area contributed by atoms with Crippen LogP contribution in [0.15, 0.2) is 12.3 Å². The molecule has 0 saturated heterocycles. The molecule has 0 atom stereocenters. The Hall–Kier alpha value is -1.91. The van der Waals surface area contributed by atoms with E-state index in [9.17, 15) is 0 Å². The van der Waals surface area contributed by atoms with Gasteiger partial charge in [-0.1, -0.05) is 0 Å². The second kappa shape index (κ2) is 3.34. The maximum Gasteiger partial charge on any atom is 0.157 e. The van der Waals surface area contributed by atoms with Crippen LogP contribution in [0.25, 0.3) is 11.0 Å². The molecule has 0 saturated carbocycles. The van der Waals surface area contributed by atoms with Crippen molar-refractivity contribution in [2.75, 3.05) is 0 Å². The summed E-state index contributed by atoms with van der Waals surface area (Å²) in [7, 11) is 1.87. The van der Waals surface area contributed by atoms with Crippen molar-refractivity contribution >= 4 is 16.9 Å². The number of nitrogens with zero attached hydrogens (tertiary/aromatic N) is 3. The maximum absolute atomic E-state index is 7.23. The molecule has 0 radical (unpaired) electrons. The third-order valence-corrected chi connectivity index (χ3v) is 2.31. The van der Waals surface area contributed by atoms with Crippen LogP contribution in [0.1, 0.15) is 11.3 Å². The molecular formula is C10H13N5. The van der Waals surface area contributed by atoms with Gasteiger partial charge in [0.25, 0.3) is 0 Å². The third kappa shape index (κ3) is 1.68. The van der Waals surface area contributed by atoms with E-state index in [0.29, 0.717) is 6.42 Å². The molecule has 0 unspecified atom stereocenters. The molecule has 0 bridgehead atoms. The number of hydrogen-bond donors (Lipinski definition) is 2. The normalized spacial score (nSPS) is 10.8. The van der Waals surface area contributed by atoms with Crippen molar-refractivity contribution in [3.05, 3.63) is 23.5 Å². The fourth-order valence-corrected chi connectivity index (χ4v) is 1.67. The van der Waals surface area contributed by atoms with Crippen LogP contribution in [0.4, 0.5) is 0 Å². The van der Waals surface area contributed by atoms with Gasteiger partial charge in [-0.3, -0.25) is 10.1 Å². The van der Waals surface area contributed by atoms with Gasteiger partial charge < -0.3 is 5.73 Å². The largest absolute Gasteiger partial charge is 0.387 e. The molecule has 15 heavy (non-hydrogen) atoms. The SMILES string of the molecule is Cc1nn(C)c2ncc(CC(=N)N)cc12. The van der Waals surface area contributed by atoms with E-state index in [1.54, 1.807) is 10.9 Å². The van der Waals surface area contributed by atoms with Gasteiger partial charge in [-0.2, -0.15) is 5.10 Å². The molecule has 78 valence electrons. The van der Waals surface area contributed by atoms with Gasteiger partial charge in [-0.25, -0.2) is 4.98 Å². The zero-order valence-electron chi connectivity index (χ0n) is 8.78. The standard InChI is InChI=1S/C10H13N5/c1-6-8-3-7(4-9(11)12)5-13-10(8)15(2)14-6/h3,5H,4H2,1-2H3,(H3,11,12). The van der Waals surface area contributed by atoms with Crippen LogP contribution in [-0.2, 0) is 13.5 Å². The van der Waals surface area contributed by atoms with E-state index >= 15 is 0 Å². The molecule has 2 rings (SSSR count). The predicted octanol–water partition coefficient (Wildman–Crippen LogP) is 0.755. The minimum absolute atomic E-state index is 0.151. The topological polar surface area (TPSA) is 80.6 Å². The lowest BCUT2D eigenvalue weighted by molar-refractivity contribution is 0.773. The summed E-state index contributed by atoms with van der Waals surface area (Å²) in [5.74, 6) is 0.151. The number of aryl methyl sites for hydroxylation is 2. The number of amidine groups is 1. The molecule has 2 aromatic heterocycles. The molecule has 0 amide bonds. The molecule has 5 nitrogen and oxygen atoms in total. The van der Waals surface area contributed by atoms with Crippen LogP contribution in [0, 0.1) is 12.3 Å². The molecule has 5 heteroatoms. The third-order valence-electron chi connectivity index (χ3n) is 2.31. The zero-order chi connectivity index (χ0) is 11.0. The molecule has 0 aliphatic carbocycles. The lowest BCUT2D eigenvalue weighted by Gasteiger charge is -1.99. The van der Waals surface area contributed by atoms with Gasteiger partial charge in [0.15, 0.2) is 5.65 Å². The Bertz CT molecular complexity index is 526. The van der Waals surface area contributed by atoms with Crippen LogP contribution in [-0.4, -0.2) is 20.6 Å². The van der Waals surface area contributed by atoms with Gasteiger partial charge in [0.1, 0.15) is 0 Å². The fraction of sp³-hybridized carbons (Fsp3) is 0.300. The van der Waals surface area contributed by atoms with Gasteiger partial charge in [0.05, 0.1) is 11.5 Å². The minimum Gasteiger partial charge on any atom is -0.387 e. The van der Waals surface area contributed by atoms with Crippen molar-refractivity contribution in [3.63, 3.8) is 0 Å². The maximum atomic E-state index is 7.23. The first kappa shape index (κ1) is 9.64. The summed E-state index contributed by atoms with van der Waals surface area (Å²) in [6, 6.07) is 1.99. The quantitative estimate of drug-likeness (QED) is 0.558. The van der Waals surface area contributed by atoms with Gasteiger partial charge >= 0.3 is 0 Å². The van der Waals surface area contributed by atoms with Crippen molar-refractivity contribution < 1.29 is 0 Å². The lowest BCUT2D eigenvalue weighted by atomic mass is 10.1. The molecule has 0 aliphatic rings. The van der Waals surface area contributed by atoms with Gasteiger partial charge in [-0.05, 0) is 18.6 Å². The van der Waals surface area contributed by atoms with Crippen molar-refractivity contribution in [1.29, 1.82) is 5.41 Å². The molecule has 2 aromatic rings. The number of hydrogen-bond acceptors (Lipinski definition) is 3. The van der Waals surface area contributed by atoms with Crippen molar-refractivity contribution in [2.45, 2.75) is 13.3 Å². The summed E-state index contributed by atoms with van der Waals surface area (Å²) in [6.07, 6.45) is 2.18. The Morgan fingerprint density at radius 1 is 1.60 bits per heavy atom. The van der Waals surface area contributed by atoms with Crippen LogP contribution >= 0.6 is 0 Å². The first-order chi connectivity index (χ1) is 7.08. The summed E-state index contributed by atoms with van der Waals surface area (Å²) in [6.45, 7) is 1.95. The summed E-state index contributed by atoms with van der Waals surface area (Å²) < 4.78 is 1.75. The molecular weight excluding hydrogens is 190 g/mol. The summed E-state index contributed by atoms with van der Waals surface area (Å²) >= 11 is 0. The summed E-state index contributed by atoms with van der Waals surface area (Å²) in [5, 5.41) is 12.5. The Balaban J connectivity index is 2.55. The van der Waals surface area contributed by atoms with Crippen molar-refractivity contribution in [3.8, 4) is 0 Å². The summed E-state index contributed by atoms with van der Waals surface area (Å²) in [5.41, 5.74) is 8.11. The first-order valence-corrected chi connectivity index (χ1v) is 4.69. The van der Waals surface area contributed by atoms with E-state index in [1.807, 2.05) is 20.0 Å². The van der Waals surface area contributed by atoms with Crippen LogP contribution in [0.3, 0.4) is 0 Å². The zero-order valence-corrected chi connectivity index (χ0v) is 8.78. The van der Waals surface area contributed by atoms with Crippen LogP contribution < -0.4 is 5.73 Å². The second-order valence-corrected chi connectivity index (χ2v) is 3.63. The highest BCUT2D eigenvalue weighted by Crippen LogP contribution is 2.16. The van der Waals surface area contributed by atoms with Gasteiger partial charge in [0.2, 0.25) is 0 Å². The summed E-state index contributed by atoms with van der Waals surface area (Å²) in [4.78, 5) is 4.30. The fourth-order valence-electron chi connectivity index (χ4n) is 1.67. The Morgan fingerprint density at radius 3 is 3.00 bits per heavy atom. The Kier molecular flexibility index (Phi) is 2.15. The number of aromatic nitrogens is 3. The molecule has 0 aromatic carbocycles. The smallest absolute Gasteiger partial charge is 0.157 e. The second-order valence-electron chi connectivity index (χ2n) is 3.63. The Morgan fingerprint density at radius 2 is 2.33 bits per heavy atom. The van der Waals surface area contributed by atoms with E-state index in [2.05, 4.69) is 10.1 Å². The van der Waals surface area contributed by atoms with Crippen molar-refractivity contribution in [1.82, 2.24) is 14.8 Å².